The van der Waals surface area contributed by atoms with Gasteiger partial charge in [0.2, 0.25) is 5.88 Å². The highest BCUT2D eigenvalue weighted by Gasteiger charge is 2.27. The maximum atomic E-state index is 12.4. The molecule has 1 unspecified atom stereocenters. The Kier molecular flexibility index (Phi) is 9.37. The van der Waals surface area contributed by atoms with E-state index in [-0.39, 0.29) is 12.0 Å². The van der Waals surface area contributed by atoms with Crippen LogP contribution in [0.15, 0.2) is 60.8 Å². The molecule has 0 bridgehead atoms. The summed E-state index contributed by atoms with van der Waals surface area (Å²) in [5.41, 5.74) is 1.83. The fourth-order valence-electron chi connectivity index (χ4n) is 3.07. The molecule has 1 aromatic heterocycles. The van der Waals surface area contributed by atoms with Crippen molar-refractivity contribution in [2.75, 3.05) is 27.2 Å². The molecule has 0 fully saturated rings. The van der Waals surface area contributed by atoms with Crippen LogP contribution in [0.4, 0.5) is 0 Å². The van der Waals surface area contributed by atoms with Crippen molar-refractivity contribution in [1.82, 2.24) is 14.8 Å². The van der Waals surface area contributed by atoms with Crippen LogP contribution in [0.1, 0.15) is 22.3 Å². The van der Waals surface area contributed by atoms with E-state index >= 15 is 0 Å². The number of amides is 1. The summed E-state index contributed by atoms with van der Waals surface area (Å²) < 4.78 is 6.00. The van der Waals surface area contributed by atoms with Gasteiger partial charge in [-0.2, -0.15) is 0 Å². The number of carboxylic acid groups (broad SMARTS) is 2. The number of carbonyl (C=O) groups is 3. The standard InChI is InChI=1S/C19H23N3O2.C4H4O4/c1-21(13-15-7-4-3-5-8-15)12-10-16-14-22(2)19(23)17-9-6-11-20-18(17)24-16;5-3(6)1-2-4(7)8/h3-9,11,16H,10,12-14H2,1-2H3;1-2H,(H,5,6)(H,7,8)/b;2-1-. The third-order valence-electron chi connectivity index (χ3n) is 4.60. The maximum Gasteiger partial charge on any atom is 0.328 e. The first-order valence-corrected chi connectivity index (χ1v) is 9.99. The van der Waals surface area contributed by atoms with Crippen molar-refractivity contribution >= 4 is 17.8 Å². The summed E-state index contributed by atoms with van der Waals surface area (Å²) in [7, 11) is 3.92. The van der Waals surface area contributed by atoms with E-state index in [1.807, 2.05) is 13.1 Å². The Morgan fingerprint density at radius 2 is 1.81 bits per heavy atom. The van der Waals surface area contributed by atoms with Gasteiger partial charge in [0.25, 0.3) is 5.91 Å². The van der Waals surface area contributed by atoms with Crippen LogP contribution in [0.2, 0.25) is 0 Å². The van der Waals surface area contributed by atoms with E-state index in [4.69, 9.17) is 14.9 Å². The smallest absolute Gasteiger partial charge is 0.328 e. The second-order valence-electron chi connectivity index (χ2n) is 7.30. The molecule has 2 aromatic rings. The number of aliphatic carboxylic acids is 2. The molecule has 0 radical (unpaired) electrons. The maximum absolute atomic E-state index is 12.4. The van der Waals surface area contributed by atoms with Crippen molar-refractivity contribution in [3.05, 3.63) is 71.9 Å². The summed E-state index contributed by atoms with van der Waals surface area (Å²) in [6, 6.07) is 13.9. The Labute approximate surface area is 186 Å². The van der Waals surface area contributed by atoms with Gasteiger partial charge in [-0.1, -0.05) is 30.3 Å². The summed E-state index contributed by atoms with van der Waals surface area (Å²) in [6.07, 6.45) is 3.57. The minimum atomic E-state index is -1.26. The molecule has 170 valence electrons. The van der Waals surface area contributed by atoms with E-state index < -0.39 is 11.9 Å². The molecule has 2 heterocycles. The number of carboxylic acids is 2. The number of hydrogen-bond acceptors (Lipinski definition) is 6. The SMILES string of the molecule is CN(CCC1CN(C)C(=O)c2cccnc2O1)Cc1ccccc1.O=C(O)/C=C\C(=O)O. The van der Waals surface area contributed by atoms with Gasteiger partial charge in [0.05, 0.1) is 6.54 Å². The Hall–Kier alpha value is -3.72. The molecule has 9 heteroatoms. The predicted octanol–water partition coefficient (Wildman–Crippen LogP) is 2.15. The Bertz CT molecular complexity index is 932. The molecule has 1 aliphatic rings. The van der Waals surface area contributed by atoms with E-state index in [0.29, 0.717) is 30.1 Å². The average molecular weight is 441 g/mol. The zero-order valence-electron chi connectivity index (χ0n) is 18.0. The van der Waals surface area contributed by atoms with Crippen molar-refractivity contribution in [2.24, 2.45) is 0 Å². The fourth-order valence-corrected chi connectivity index (χ4v) is 3.07. The van der Waals surface area contributed by atoms with Gasteiger partial charge in [0, 0.05) is 38.5 Å². The number of carbonyl (C=O) groups excluding carboxylic acids is 1. The largest absolute Gasteiger partial charge is 0.478 e. The number of pyridine rings is 1. The molecule has 0 spiro atoms. The number of ether oxygens (including phenoxy) is 1. The highest BCUT2D eigenvalue weighted by Crippen LogP contribution is 2.22. The average Bonchev–Trinajstić information content (AvgIpc) is 2.88. The number of likely N-dealkylation sites (N-methyl/N-ethyl adjacent to an activating group) is 1. The third kappa shape index (κ3) is 8.19. The summed E-state index contributed by atoms with van der Waals surface area (Å²) in [4.78, 5) is 39.7. The summed E-state index contributed by atoms with van der Waals surface area (Å²) in [5.74, 6) is -2.10. The first-order valence-electron chi connectivity index (χ1n) is 9.99. The van der Waals surface area contributed by atoms with Gasteiger partial charge < -0.3 is 24.7 Å². The molecular formula is C23H27N3O6. The quantitative estimate of drug-likeness (QED) is 0.627. The van der Waals surface area contributed by atoms with E-state index in [0.717, 1.165) is 19.5 Å². The zero-order chi connectivity index (χ0) is 23.5. The zero-order valence-corrected chi connectivity index (χ0v) is 18.0. The van der Waals surface area contributed by atoms with Crippen LogP contribution in [0, 0.1) is 0 Å². The molecule has 3 rings (SSSR count). The Balaban J connectivity index is 0.000000390. The number of nitrogens with zero attached hydrogens (tertiary/aromatic N) is 3. The van der Waals surface area contributed by atoms with Gasteiger partial charge >= 0.3 is 11.9 Å². The Morgan fingerprint density at radius 3 is 2.44 bits per heavy atom. The monoisotopic (exact) mass is 441 g/mol. The molecule has 1 atom stereocenters. The number of fused-ring (bicyclic) bond motifs is 1. The second kappa shape index (κ2) is 12.2. The molecule has 0 saturated heterocycles. The van der Waals surface area contributed by atoms with Gasteiger partial charge in [0.1, 0.15) is 11.7 Å². The van der Waals surface area contributed by atoms with Gasteiger partial charge in [-0.05, 0) is 31.2 Å². The van der Waals surface area contributed by atoms with Crippen molar-refractivity contribution in [3.8, 4) is 5.88 Å². The van der Waals surface area contributed by atoms with E-state index in [1.54, 1.807) is 23.2 Å². The second-order valence-corrected chi connectivity index (χ2v) is 7.30. The summed E-state index contributed by atoms with van der Waals surface area (Å²) >= 11 is 0. The van der Waals surface area contributed by atoms with Crippen LogP contribution in [0.3, 0.4) is 0 Å². The lowest BCUT2D eigenvalue weighted by Crippen LogP contribution is -2.36. The van der Waals surface area contributed by atoms with Crippen LogP contribution in [-0.2, 0) is 16.1 Å². The Morgan fingerprint density at radius 1 is 1.16 bits per heavy atom. The lowest BCUT2D eigenvalue weighted by molar-refractivity contribution is -0.134. The van der Waals surface area contributed by atoms with Crippen molar-refractivity contribution in [2.45, 2.75) is 19.1 Å². The van der Waals surface area contributed by atoms with Crippen molar-refractivity contribution in [3.63, 3.8) is 0 Å². The number of hydrogen-bond donors (Lipinski definition) is 2. The molecule has 9 nitrogen and oxygen atoms in total. The minimum absolute atomic E-state index is 0.0294. The fraction of sp³-hybridized carbons (Fsp3) is 0.304. The van der Waals surface area contributed by atoms with E-state index in [1.165, 1.54) is 5.56 Å². The van der Waals surface area contributed by atoms with Gasteiger partial charge in [-0.15, -0.1) is 0 Å². The minimum Gasteiger partial charge on any atom is -0.478 e. The topological polar surface area (TPSA) is 120 Å². The van der Waals surface area contributed by atoms with Crippen LogP contribution < -0.4 is 4.74 Å². The van der Waals surface area contributed by atoms with E-state index in [9.17, 15) is 14.4 Å². The van der Waals surface area contributed by atoms with Crippen LogP contribution in [0.5, 0.6) is 5.88 Å². The highest BCUT2D eigenvalue weighted by molar-refractivity contribution is 5.96. The predicted molar refractivity (Wildman–Crippen MR) is 117 cm³/mol. The lowest BCUT2D eigenvalue weighted by Gasteiger charge is -2.23. The van der Waals surface area contributed by atoms with Crippen molar-refractivity contribution < 1.29 is 29.3 Å². The molecule has 1 aromatic carbocycles. The molecule has 0 saturated carbocycles. The van der Waals surface area contributed by atoms with Crippen LogP contribution >= 0.6 is 0 Å². The van der Waals surface area contributed by atoms with Crippen molar-refractivity contribution in [1.29, 1.82) is 0 Å². The first kappa shape index (κ1) is 24.5. The van der Waals surface area contributed by atoms with E-state index in [2.05, 4.69) is 41.2 Å². The molecule has 1 amide bonds. The lowest BCUT2D eigenvalue weighted by atomic mass is 10.2. The van der Waals surface area contributed by atoms with Gasteiger partial charge in [-0.25, -0.2) is 14.6 Å². The highest BCUT2D eigenvalue weighted by atomic mass is 16.5. The molecule has 0 aliphatic carbocycles. The van der Waals surface area contributed by atoms with Crippen LogP contribution in [0.25, 0.3) is 0 Å². The van der Waals surface area contributed by atoms with Gasteiger partial charge in [-0.3, -0.25) is 4.79 Å². The van der Waals surface area contributed by atoms with Crippen LogP contribution in [-0.4, -0.2) is 76.1 Å². The summed E-state index contributed by atoms with van der Waals surface area (Å²) in [5, 5.41) is 15.6. The molecular weight excluding hydrogens is 414 g/mol. The number of aromatic nitrogens is 1. The summed E-state index contributed by atoms with van der Waals surface area (Å²) in [6.45, 7) is 2.37. The molecule has 2 N–H and O–H groups in total. The van der Waals surface area contributed by atoms with Gasteiger partial charge in [0.15, 0.2) is 0 Å². The molecule has 32 heavy (non-hydrogen) atoms. The first-order chi connectivity index (χ1) is 15.3. The number of rotatable bonds is 7. The number of benzene rings is 1. The normalized spacial score (nSPS) is 15.4. The third-order valence-corrected chi connectivity index (χ3v) is 4.60. The molecule has 1 aliphatic heterocycles.